The summed E-state index contributed by atoms with van der Waals surface area (Å²) in [6.45, 7) is 2.39. The highest BCUT2D eigenvalue weighted by molar-refractivity contribution is 6.35. The molecule has 0 unspecified atom stereocenters. The number of carbonyl (C=O) groups excluding carboxylic acids is 3. The predicted octanol–water partition coefficient (Wildman–Crippen LogP) is 1.58. The van der Waals surface area contributed by atoms with Crippen molar-refractivity contribution in [1.29, 1.82) is 0 Å². The fourth-order valence-corrected chi connectivity index (χ4v) is 3.91. The quantitative estimate of drug-likeness (QED) is 0.779. The maximum atomic E-state index is 12.7. The van der Waals surface area contributed by atoms with Crippen LogP contribution in [0, 0.1) is 0 Å². The molecule has 2 fully saturated rings. The van der Waals surface area contributed by atoms with E-state index >= 15 is 0 Å². The molecule has 2 aliphatic rings. The Hall–Kier alpha value is -2.17. The van der Waals surface area contributed by atoms with Crippen molar-refractivity contribution in [1.82, 2.24) is 9.80 Å². The molecule has 0 bridgehead atoms. The first-order chi connectivity index (χ1) is 10.9. The molecular formula is C18H22N2O3. The van der Waals surface area contributed by atoms with Crippen molar-refractivity contribution in [2.45, 2.75) is 37.6 Å². The third-order valence-corrected chi connectivity index (χ3v) is 5.41. The molecule has 0 radical (unpaired) electrons. The van der Waals surface area contributed by atoms with Gasteiger partial charge in [0.2, 0.25) is 11.7 Å². The van der Waals surface area contributed by atoms with Gasteiger partial charge in [0.1, 0.15) is 0 Å². The van der Waals surface area contributed by atoms with E-state index in [1.54, 1.807) is 4.90 Å². The average molecular weight is 314 g/mol. The van der Waals surface area contributed by atoms with E-state index in [0.29, 0.717) is 13.1 Å². The van der Waals surface area contributed by atoms with Gasteiger partial charge in [0.05, 0.1) is 5.92 Å². The van der Waals surface area contributed by atoms with Crippen molar-refractivity contribution in [3.05, 3.63) is 35.9 Å². The SMILES string of the molecule is CC(=O)C(=O)N1CCC2(CC1)C[C@H](c1ccccc1)C(=O)N2C. The van der Waals surface area contributed by atoms with Gasteiger partial charge in [0.15, 0.2) is 0 Å². The fourth-order valence-electron chi connectivity index (χ4n) is 3.91. The van der Waals surface area contributed by atoms with Crippen LogP contribution in [0.4, 0.5) is 0 Å². The molecule has 1 atom stereocenters. The van der Waals surface area contributed by atoms with Gasteiger partial charge in [-0.3, -0.25) is 14.4 Å². The number of ketones is 1. The van der Waals surface area contributed by atoms with Crippen molar-refractivity contribution < 1.29 is 14.4 Å². The monoisotopic (exact) mass is 314 g/mol. The van der Waals surface area contributed by atoms with E-state index < -0.39 is 11.7 Å². The lowest BCUT2D eigenvalue weighted by atomic mass is 9.81. The number of Topliss-reactive ketones (excluding diaryl/α,β-unsaturated/α-hetero) is 1. The lowest BCUT2D eigenvalue weighted by molar-refractivity contribution is -0.145. The summed E-state index contributed by atoms with van der Waals surface area (Å²) < 4.78 is 0. The van der Waals surface area contributed by atoms with E-state index in [1.165, 1.54) is 6.92 Å². The molecule has 2 aliphatic heterocycles. The maximum Gasteiger partial charge on any atom is 0.289 e. The summed E-state index contributed by atoms with van der Waals surface area (Å²) in [6, 6.07) is 9.88. The van der Waals surface area contributed by atoms with E-state index in [9.17, 15) is 14.4 Å². The molecule has 0 aromatic heterocycles. The van der Waals surface area contributed by atoms with Crippen molar-refractivity contribution >= 4 is 17.6 Å². The maximum absolute atomic E-state index is 12.7. The number of piperidine rings is 1. The zero-order chi connectivity index (χ0) is 16.6. The first-order valence-corrected chi connectivity index (χ1v) is 8.07. The van der Waals surface area contributed by atoms with E-state index in [0.717, 1.165) is 24.8 Å². The summed E-state index contributed by atoms with van der Waals surface area (Å²) in [7, 11) is 1.87. The molecule has 1 aromatic carbocycles. The molecule has 2 amide bonds. The molecule has 122 valence electrons. The van der Waals surface area contributed by atoms with Gasteiger partial charge < -0.3 is 9.80 Å². The molecule has 0 aliphatic carbocycles. The number of amides is 2. The van der Waals surface area contributed by atoms with Gasteiger partial charge in [-0.15, -0.1) is 0 Å². The lowest BCUT2D eigenvalue weighted by Crippen LogP contribution is -2.53. The predicted molar refractivity (Wildman–Crippen MR) is 85.8 cm³/mol. The largest absolute Gasteiger partial charge is 0.339 e. The van der Waals surface area contributed by atoms with Gasteiger partial charge in [0.25, 0.3) is 5.91 Å². The standard InChI is InChI=1S/C18H22N2O3/c1-13(21)16(22)20-10-8-18(9-11-20)12-15(17(23)19(18)2)14-6-4-3-5-7-14/h3-7,15H,8-12H2,1-2H3/t15-/m1/s1. The first kappa shape index (κ1) is 15.7. The summed E-state index contributed by atoms with van der Waals surface area (Å²) in [5.74, 6) is -0.774. The Labute approximate surface area is 136 Å². The van der Waals surface area contributed by atoms with Gasteiger partial charge in [-0.2, -0.15) is 0 Å². The summed E-state index contributed by atoms with van der Waals surface area (Å²) in [4.78, 5) is 39.3. The second-order valence-electron chi connectivity index (χ2n) is 6.64. The van der Waals surface area contributed by atoms with Crippen LogP contribution in [0.2, 0.25) is 0 Å². The van der Waals surface area contributed by atoms with E-state index in [-0.39, 0.29) is 17.4 Å². The van der Waals surface area contributed by atoms with Crippen molar-refractivity contribution in [2.75, 3.05) is 20.1 Å². The topological polar surface area (TPSA) is 57.7 Å². The van der Waals surface area contributed by atoms with Crippen molar-refractivity contribution in [2.24, 2.45) is 0 Å². The number of rotatable bonds is 2. The summed E-state index contributed by atoms with van der Waals surface area (Å²) in [6.07, 6.45) is 2.25. The van der Waals surface area contributed by atoms with Crippen molar-refractivity contribution in [3.63, 3.8) is 0 Å². The van der Waals surface area contributed by atoms with E-state index in [1.807, 2.05) is 42.3 Å². The number of nitrogens with zero attached hydrogens (tertiary/aromatic N) is 2. The Morgan fingerprint density at radius 1 is 1.13 bits per heavy atom. The molecule has 0 saturated carbocycles. The number of likely N-dealkylation sites (tertiary alicyclic amines) is 2. The number of carbonyl (C=O) groups is 3. The van der Waals surface area contributed by atoms with E-state index in [4.69, 9.17) is 0 Å². The lowest BCUT2D eigenvalue weighted by Gasteiger charge is -2.43. The Bertz CT molecular complexity index is 633. The van der Waals surface area contributed by atoms with Gasteiger partial charge in [-0.1, -0.05) is 30.3 Å². The summed E-state index contributed by atoms with van der Waals surface area (Å²) >= 11 is 0. The molecule has 2 heterocycles. The Morgan fingerprint density at radius 3 is 2.30 bits per heavy atom. The highest BCUT2D eigenvalue weighted by Crippen LogP contribution is 2.44. The third kappa shape index (κ3) is 2.64. The normalized spacial score (nSPS) is 23.4. The molecule has 5 heteroatoms. The first-order valence-electron chi connectivity index (χ1n) is 8.07. The smallest absolute Gasteiger partial charge is 0.289 e. The van der Waals surface area contributed by atoms with Crippen LogP contribution in [0.5, 0.6) is 0 Å². The summed E-state index contributed by atoms with van der Waals surface area (Å²) in [5, 5.41) is 0. The number of benzene rings is 1. The molecule has 1 aromatic rings. The molecular weight excluding hydrogens is 292 g/mol. The van der Waals surface area contributed by atoms with Crippen LogP contribution >= 0.6 is 0 Å². The Morgan fingerprint density at radius 2 is 1.74 bits per heavy atom. The number of likely N-dealkylation sites (N-methyl/N-ethyl adjacent to an activating group) is 1. The minimum absolute atomic E-state index is 0.101. The zero-order valence-electron chi connectivity index (χ0n) is 13.6. The second kappa shape index (κ2) is 5.80. The molecule has 3 rings (SSSR count). The highest BCUT2D eigenvalue weighted by Gasteiger charge is 2.50. The minimum atomic E-state index is -0.418. The van der Waals surface area contributed by atoms with Crippen molar-refractivity contribution in [3.8, 4) is 0 Å². The third-order valence-electron chi connectivity index (χ3n) is 5.41. The molecule has 1 spiro atoms. The Balaban J connectivity index is 1.76. The van der Waals surface area contributed by atoms with Crippen LogP contribution in [0.1, 0.15) is 37.7 Å². The minimum Gasteiger partial charge on any atom is -0.339 e. The van der Waals surface area contributed by atoms with Crippen LogP contribution in [-0.4, -0.2) is 53.1 Å². The van der Waals surface area contributed by atoms with Crippen LogP contribution in [0.15, 0.2) is 30.3 Å². The Kier molecular flexibility index (Phi) is 3.96. The molecule has 23 heavy (non-hydrogen) atoms. The molecule has 5 nitrogen and oxygen atoms in total. The van der Waals surface area contributed by atoms with Crippen LogP contribution in [-0.2, 0) is 14.4 Å². The molecule has 0 N–H and O–H groups in total. The average Bonchev–Trinajstić information content (AvgIpc) is 2.81. The highest BCUT2D eigenvalue weighted by atomic mass is 16.2. The van der Waals surface area contributed by atoms with Gasteiger partial charge >= 0.3 is 0 Å². The number of hydrogen-bond donors (Lipinski definition) is 0. The zero-order valence-corrected chi connectivity index (χ0v) is 13.6. The van der Waals surface area contributed by atoms with Gasteiger partial charge in [-0.25, -0.2) is 0 Å². The van der Waals surface area contributed by atoms with Crippen LogP contribution < -0.4 is 0 Å². The van der Waals surface area contributed by atoms with Crippen LogP contribution in [0.3, 0.4) is 0 Å². The second-order valence-corrected chi connectivity index (χ2v) is 6.64. The molecule has 2 saturated heterocycles. The van der Waals surface area contributed by atoms with Gasteiger partial charge in [0, 0.05) is 32.6 Å². The van der Waals surface area contributed by atoms with Crippen LogP contribution in [0.25, 0.3) is 0 Å². The summed E-state index contributed by atoms with van der Waals surface area (Å²) in [5.41, 5.74) is 0.869. The van der Waals surface area contributed by atoms with E-state index in [2.05, 4.69) is 0 Å². The van der Waals surface area contributed by atoms with Gasteiger partial charge in [-0.05, 0) is 24.8 Å². The fraction of sp³-hybridized carbons (Fsp3) is 0.500. The number of hydrogen-bond acceptors (Lipinski definition) is 3.